The summed E-state index contributed by atoms with van der Waals surface area (Å²) in [6.45, 7) is 9.52. The molecule has 2 unspecified atom stereocenters. The second-order valence-corrected chi connectivity index (χ2v) is 5.29. The van der Waals surface area contributed by atoms with Crippen molar-refractivity contribution in [2.75, 3.05) is 6.54 Å². The molecule has 2 atom stereocenters. The highest BCUT2D eigenvalue weighted by Crippen LogP contribution is 2.45. The van der Waals surface area contributed by atoms with Gasteiger partial charge in [-0.1, -0.05) is 33.6 Å². The Hall–Kier alpha value is -0.0800. The van der Waals surface area contributed by atoms with E-state index in [-0.39, 0.29) is 11.5 Å². The van der Waals surface area contributed by atoms with Gasteiger partial charge >= 0.3 is 0 Å². The quantitative estimate of drug-likeness (QED) is 0.731. The average molecular weight is 199 g/mol. The van der Waals surface area contributed by atoms with Gasteiger partial charge in [0.2, 0.25) is 0 Å². The third-order valence-electron chi connectivity index (χ3n) is 4.01. The first-order chi connectivity index (χ1) is 6.44. The molecule has 2 heteroatoms. The molecule has 1 saturated carbocycles. The van der Waals surface area contributed by atoms with Gasteiger partial charge in [0.25, 0.3) is 0 Å². The van der Waals surface area contributed by atoms with Crippen LogP contribution < -0.4 is 5.32 Å². The van der Waals surface area contributed by atoms with E-state index in [1.807, 2.05) is 0 Å². The Labute approximate surface area is 88.1 Å². The van der Waals surface area contributed by atoms with E-state index in [9.17, 15) is 5.11 Å². The van der Waals surface area contributed by atoms with Gasteiger partial charge in [-0.05, 0) is 31.7 Å². The van der Waals surface area contributed by atoms with Crippen molar-refractivity contribution >= 4 is 0 Å². The van der Waals surface area contributed by atoms with E-state index in [0.717, 1.165) is 25.8 Å². The zero-order valence-corrected chi connectivity index (χ0v) is 10.1. The Bertz CT molecular complexity index is 191. The van der Waals surface area contributed by atoms with Crippen LogP contribution in [-0.2, 0) is 0 Å². The highest BCUT2D eigenvalue weighted by atomic mass is 16.3. The third-order valence-corrected chi connectivity index (χ3v) is 4.01. The number of rotatable bonds is 3. The predicted octanol–water partition coefficient (Wildman–Crippen LogP) is 2.32. The zero-order valence-electron chi connectivity index (χ0n) is 10.1. The molecule has 1 rings (SSSR count). The van der Waals surface area contributed by atoms with Gasteiger partial charge in [-0.25, -0.2) is 0 Å². The molecule has 1 fully saturated rings. The summed E-state index contributed by atoms with van der Waals surface area (Å²) in [5.74, 6) is 0. The molecule has 1 aliphatic rings. The lowest BCUT2D eigenvalue weighted by atomic mass is 9.62. The average Bonchev–Trinajstić information content (AvgIpc) is 2.10. The van der Waals surface area contributed by atoms with Gasteiger partial charge in [0.05, 0.1) is 5.60 Å². The van der Waals surface area contributed by atoms with Gasteiger partial charge in [-0.3, -0.25) is 0 Å². The Morgan fingerprint density at radius 1 is 1.29 bits per heavy atom. The van der Waals surface area contributed by atoms with E-state index in [1.165, 1.54) is 6.42 Å². The first kappa shape index (κ1) is 12.0. The van der Waals surface area contributed by atoms with Gasteiger partial charge in [0.1, 0.15) is 0 Å². The molecule has 2 N–H and O–H groups in total. The molecule has 0 amide bonds. The molecule has 84 valence electrons. The summed E-state index contributed by atoms with van der Waals surface area (Å²) < 4.78 is 0. The van der Waals surface area contributed by atoms with Crippen LogP contribution in [0.4, 0.5) is 0 Å². The fraction of sp³-hybridized carbons (Fsp3) is 1.00. The largest absolute Gasteiger partial charge is 0.388 e. The summed E-state index contributed by atoms with van der Waals surface area (Å²) in [5.41, 5.74) is -0.478. The van der Waals surface area contributed by atoms with Crippen LogP contribution in [0, 0.1) is 5.41 Å². The molecule has 2 nitrogen and oxygen atoms in total. The molecule has 0 aromatic carbocycles. The fourth-order valence-corrected chi connectivity index (χ4v) is 2.79. The topological polar surface area (TPSA) is 32.3 Å². The van der Waals surface area contributed by atoms with Crippen LogP contribution in [0.15, 0.2) is 0 Å². The van der Waals surface area contributed by atoms with Crippen LogP contribution in [0.1, 0.15) is 53.4 Å². The number of hydrogen-bond acceptors (Lipinski definition) is 2. The Morgan fingerprint density at radius 2 is 1.86 bits per heavy atom. The lowest BCUT2D eigenvalue weighted by Crippen LogP contribution is -2.59. The molecule has 0 heterocycles. The first-order valence-corrected chi connectivity index (χ1v) is 5.90. The first-order valence-electron chi connectivity index (χ1n) is 5.90. The second kappa shape index (κ2) is 4.19. The maximum Gasteiger partial charge on any atom is 0.0847 e. The Balaban J connectivity index is 2.77. The Kier molecular flexibility index (Phi) is 3.59. The molecule has 0 bridgehead atoms. The summed E-state index contributed by atoms with van der Waals surface area (Å²) in [6.07, 6.45) is 4.50. The maximum absolute atomic E-state index is 10.7. The molecular weight excluding hydrogens is 174 g/mol. The fourth-order valence-electron chi connectivity index (χ4n) is 2.79. The minimum Gasteiger partial charge on any atom is -0.388 e. The Morgan fingerprint density at radius 3 is 2.36 bits per heavy atom. The minimum atomic E-state index is -0.527. The number of likely N-dealkylation sites (N-methyl/N-ethyl adjacent to an activating group) is 1. The van der Waals surface area contributed by atoms with Crippen molar-refractivity contribution in [3.8, 4) is 0 Å². The van der Waals surface area contributed by atoms with Gasteiger partial charge in [0.15, 0.2) is 0 Å². The summed E-state index contributed by atoms with van der Waals surface area (Å²) in [7, 11) is 0. The van der Waals surface area contributed by atoms with Crippen LogP contribution in [0.3, 0.4) is 0 Å². The summed E-state index contributed by atoms with van der Waals surface area (Å²) in [6, 6.07) is 0.197. The normalized spacial score (nSPS) is 34.1. The van der Waals surface area contributed by atoms with Crippen molar-refractivity contribution in [3.63, 3.8) is 0 Å². The zero-order chi connectivity index (χ0) is 10.8. The molecule has 1 aliphatic carbocycles. The van der Waals surface area contributed by atoms with Crippen LogP contribution in [0.25, 0.3) is 0 Å². The molecule has 0 saturated heterocycles. The van der Waals surface area contributed by atoms with E-state index in [4.69, 9.17) is 0 Å². The second-order valence-electron chi connectivity index (χ2n) is 5.29. The van der Waals surface area contributed by atoms with Crippen LogP contribution >= 0.6 is 0 Å². The smallest absolute Gasteiger partial charge is 0.0847 e. The lowest BCUT2D eigenvalue weighted by Gasteiger charge is -2.50. The summed E-state index contributed by atoms with van der Waals surface area (Å²) >= 11 is 0. The highest BCUT2D eigenvalue weighted by Gasteiger charge is 2.48. The molecule has 0 spiro atoms. The number of nitrogens with one attached hydrogen (secondary N) is 1. The molecule has 0 aliphatic heterocycles. The molecule has 0 aromatic heterocycles. The summed E-state index contributed by atoms with van der Waals surface area (Å²) in [4.78, 5) is 0. The van der Waals surface area contributed by atoms with Gasteiger partial charge in [-0.2, -0.15) is 0 Å². The highest BCUT2D eigenvalue weighted by molar-refractivity contribution is 5.02. The molecule has 0 radical (unpaired) electrons. The van der Waals surface area contributed by atoms with E-state index < -0.39 is 5.60 Å². The van der Waals surface area contributed by atoms with Crippen molar-refractivity contribution in [1.82, 2.24) is 5.32 Å². The van der Waals surface area contributed by atoms with Crippen molar-refractivity contribution < 1.29 is 5.11 Å². The number of aliphatic hydroxyl groups is 1. The van der Waals surface area contributed by atoms with E-state index in [0.29, 0.717) is 0 Å². The third kappa shape index (κ3) is 1.96. The van der Waals surface area contributed by atoms with Crippen molar-refractivity contribution in [2.24, 2.45) is 5.41 Å². The van der Waals surface area contributed by atoms with Gasteiger partial charge in [0, 0.05) is 6.04 Å². The molecular formula is C12H25NO. The van der Waals surface area contributed by atoms with Crippen LogP contribution in [-0.4, -0.2) is 23.3 Å². The standard InChI is InChI=1S/C12H25NO/c1-5-13-10(2)12(14)9-7-6-8-11(12,3)4/h10,13-14H,5-9H2,1-4H3. The van der Waals surface area contributed by atoms with Crippen molar-refractivity contribution in [1.29, 1.82) is 0 Å². The molecule has 0 aromatic rings. The molecule has 14 heavy (non-hydrogen) atoms. The lowest BCUT2D eigenvalue weighted by molar-refractivity contribution is -0.117. The summed E-state index contributed by atoms with van der Waals surface area (Å²) in [5, 5.41) is 14.1. The minimum absolute atomic E-state index is 0.0484. The van der Waals surface area contributed by atoms with Crippen LogP contribution in [0.5, 0.6) is 0 Å². The predicted molar refractivity (Wildman–Crippen MR) is 60.3 cm³/mol. The van der Waals surface area contributed by atoms with E-state index in [1.54, 1.807) is 0 Å². The SMILES string of the molecule is CCNC(C)C1(O)CCCCC1(C)C. The van der Waals surface area contributed by atoms with E-state index >= 15 is 0 Å². The van der Waals surface area contributed by atoms with E-state index in [2.05, 4.69) is 33.0 Å². The van der Waals surface area contributed by atoms with Crippen LogP contribution in [0.2, 0.25) is 0 Å². The monoisotopic (exact) mass is 199 g/mol. The van der Waals surface area contributed by atoms with Gasteiger partial charge in [-0.15, -0.1) is 0 Å². The number of hydrogen-bond donors (Lipinski definition) is 2. The van der Waals surface area contributed by atoms with Crippen molar-refractivity contribution in [3.05, 3.63) is 0 Å². The van der Waals surface area contributed by atoms with Crippen molar-refractivity contribution in [2.45, 2.75) is 65.0 Å². The maximum atomic E-state index is 10.7. The van der Waals surface area contributed by atoms with Gasteiger partial charge < -0.3 is 10.4 Å².